The summed E-state index contributed by atoms with van der Waals surface area (Å²) in [5, 5.41) is 121. The highest BCUT2D eigenvalue weighted by Gasteiger charge is 2.54. The Bertz CT molecular complexity index is 2380. The van der Waals surface area contributed by atoms with Crippen LogP contribution in [0.25, 0.3) is 0 Å². The molecule has 17 atom stereocenters. The lowest BCUT2D eigenvalue weighted by Gasteiger charge is -2.48. The van der Waals surface area contributed by atoms with Gasteiger partial charge in [0.15, 0.2) is 18.9 Å². The molecule has 3 fully saturated rings. The Balaban J connectivity index is 1.34. The number of carbonyl (C=O) groups excluding carboxylic acids is 1. The van der Waals surface area contributed by atoms with E-state index >= 15 is 0 Å². The van der Waals surface area contributed by atoms with Gasteiger partial charge in [-0.2, -0.15) is 0 Å². The van der Waals surface area contributed by atoms with Gasteiger partial charge in [-0.25, -0.2) is 0 Å². The van der Waals surface area contributed by atoms with Crippen molar-refractivity contribution in [1.82, 2.24) is 5.32 Å². The number of nitrogens with one attached hydrogen (secondary N) is 1. The number of hydrogen-bond acceptors (Lipinski definition) is 18. The third-order valence-corrected chi connectivity index (χ3v) is 21.9. The van der Waals surface area contributed by atoms with E-state index in [0.29, 0.717) is 6.42 Å². The highest BCUT2D eigenvalue weighted by Crippen LogP contribution is 2.33. The number of amides is 1. The number of carbonyl (C=O) groups is 1. The van der Waals surface area contributed by atoms with Crippen LogP contribution < -0.4 is 5.32 Å². The van der Waals surface area contributed by atoms with Crippen molar-refractivity contribution in [3.8, 4) is 0 Å². The molecule has 0 aliphatic carbocycles. The summed E-state index contributed by atoms with van der Waals surface area (Å²) in [4.78, 5) is 13.5. The van der Waals surface area contributed by atoms with Crippen LogP contribution in [0.1, 0.15) is 348 Å². The summed E-state index contributed by atoms with van der Waals surface area (Å²) in [6, 6.07) is -0.983. The maximum Gasteiger partial charge on any atom is 0.220 e. The number of allylic oxidation sites excluding steroid dienone is 15. The van der Waals surface area contributed by atoms with E-state index in [0.717, 1.165) is 103 Å². The van der Waals surface area contributed by atoms with Gasteiger partial charge in [-0.1, -0.05) is 361 Å². The summed E-state index contributed by atoms with van der Waals surface area (Å²) >= 11 is 0. The largest absolute Gasteiger partial charge is 0.394 e. The number of aliphatic hydroxyl groups is 11. The second-order valence-electron chi connectivity index (χ2n) is 31.7. The highest BCUT2D eigenvalue weighted by molar-refractivity contribution is 5.76. The first-order valence-electron chi connectivity index (χ1n) is 45.0. The van der Waals surface area contributed by atoms with E-state index in [4.69, 9.17) is 28.4 Å². The predicted octanol–water partition coefficient (Wildman–Crippen LogP) is 17.1. The zero-order valence-electron chi connectivity index (χ0n) is 69.4. The first-order chi connectivity index (χ1) is 54.3. The number of ether oxygens (including phenoxy) is 6. The molecule has 3 rings (SSSR count). The topological polar surface area (TPSA) is 307 Å². The van der Waals surface area contributed by atoms with Crippen LogP contribution in [0.4, 0.5) is 0 Å². The molecule has 1 amide bonds. The number of rotatable bonds is 72. The van der Waals surface area contributed by atoms with Crippen LogP contribution >= 0.6 is 0 Å². The molecule has 19 nitrogen and oxygen atoms in total. The Morgan fingerprint density at radius 1 is 0.333 bits per heavy atom. The Morgan fingerprint density at radius 2 is 0.622 bits per heavy atom. The van der Waals surface area contributed by atoms with E-state index in [1.807, 2.05) is 6.08 Å². The van der Waals surface area contributed by atoms with Crippen LogP contribution in [0, 0.1) is 0 Å². The van der Waals surface area contributed by atoms with Crippen LogP contribution in [-0.2, 0) is 33.2 Å². The van der Waals surface area contributed by atoms with E-state index in [1.54, 1.807) is 6.08 Å². The van der Waals surface area contributed by atoms with Gasteiger partial charge in [-0.05, 0) is 77.0 Å². The monoisotopic (exact) mass is 1570 g/mol. The SMILES string of the molecule is CC/C=C\C/C=C\C/C=C\C/C=C\C/C=C\C/C=C\C/C=C\CCCCCCCCCCCCCC(=O)NC(COC1OC(CO)C(OC2OC(CO)C(OC3OC(CO)C(O)C(O)C3O)C(O)C2O)C(O)C1O)C(O)/C=C/CCCCCCCCCCCCCCCCCCCCCCCCCCCCCCCCC. The minimum absolute atomic E-state index is 0.235. The number of unbranched alkanes of at least 4 members (excludes halogenated alkanes) is 42. The molecule has 3 aliphatic heterocycles. The third kappa shape index (κ3) is 49.5. The Hall–Kier alpha value is -3.29. The summed E-state index contributed by atoms with van der Waals surface area (Å²) in [5.41, 5.74) is 0. The summed E-state index contributed by atoms with van der Waals surface area (Å²) in [7, 11) is 0. The molecule has 0 saturated carbocycles. The van der Waals surface area contributed by atoms with Crippen LogP contribution in [0.3, 0.4) is 0 Å². The molecule has 111 heavy (non-hydrogen) atoms. The lowest BCUT2D eigenvalue weighted by Crippen LogP contribution is -2.66. The smallest absolute Gasteiger partial charge is 0.220 e. The van der Waals surface area contributed by atoms with E-state index in [1.165, 1.54) is 218 Å². The fraction of sp³-hybridized carbons (Fsp3) is 0.815. The van der Waals surface area contributed by atoms with Gasteiger partial charge in [-0.3, -0.25) is 4.79 Å². The standard InChI is InChI=1S/C92H163NO18/c1-3-5-7-9-11-13-15-17-19-21-23-25-27-29-31-33-35-37-39-41-43-45-47-49-51-53-55-57-59-61-63-65-67-69-76(97)75(74-106-90-86(104)83(101)88(78(72-95)108-90)111-92-87(105)84(102)89(79(73-96)109-92)110-91-85(103)82(100)81(99)77(71-94)107-91)93-80(98)70-68-66-64-62-60-58-56-54-52-50-48-46-44-42-40-38-36-34-32-30-28-26-24-22-20-18-16-14-12-10-8-6-4-2/h6,8,12,14,18,20,24,26,30,32,36,38,42,44,67,69,75-79,81-92,94-97,99-105H,3-5,7,9-11,13,15-17,19,21-23,25,27-29,31,33-35,37,39-41,43,45-66,68,70-74H2,1-2H3,(H,93,98)/b8-6-,14-12-,20-18-,26-24-,32-30-,38-36-,44-42-,69-67+. The molecule has 3 heterocycles. The van der Waals surface area contributed by atoms with E-state index in [2.05, 4.69) is 104 Å². The molecule has 17 unspecified atom stereocenters. The lowest BCUT2D eigenvalue weighted by molar-refractivity contribution is -0.379. The van der Waals surface area contributed by atoms with Crippen LogP contribution in [0.2, 0.25) is 0 Å². The summed E-state index contributed by atoms with van der Waals surface area (Å²) in [5.74, 6) is -0.278. The third-order valence-electron chi connectivity index (χ3n) is 21.9. The molecule has 0 radical (unpaired) electrons. The average molecular weight is 1570 g/mol. The van der Waals surface area contributed by atoms with Crippen molar-refractivity contribution in [3.05, 3.63) is 97.2 Å². The van der Waals surface area contributed by atoms with Gasteiger partial charge in [-0.15, -0.1) is 0 Å². The Kier molecular flexibility index (Phi) is 65.1. The van der Waals surface area contributed by atoms with Crippen molar-refractivity contribution in [1.29, 1.82) is 0 Å². The van der Waals surface area contributed by atoms with Crippen molar-refractivity contribution in [2.45, 2.75) is 452 Å². The van der Waals surface area contributed by atoms with Gasteiger partial charge in [0.1, 0.15) is 73.2 Å². The van der Waals surface area contributed by atoms with Crippen LogP contribution in [0.15, 0.2) is 97.2 Å². The number of aliphatic hydroxyl groups excluding tert-OH is 11. The maximum atomic E-state index is 13.5. The first-order valence-corrected chi connectivity index (χ1v) is 45.0. The zero-order chi connectivity index (χ0) is 80.3. The molecule has 0 bridgehead atoms. The summed E-state index contributed by atoms with van der Waals surface area (Å²) in [6.07, 6.45) is 71.2. The molecule has 12 N–H and O–H groups in total. The fourth-order valence-corrected chi connectivity index (χ4v) is 14.8. The molecular weight excluding hydrogens is 1410 g/mol. The number of hydrogen-bond donors (Lipinski definition) is 12. The normalized spacial score (nSPS) is 25.5. The second-order valence-corrected chi connectivity index (χ2v) is 31.7. The summed E-state index contributed by atoms with van der Waals surface area (Å²) < 4.78 is 34.5. The van der Waals surface area contributed by atoms with Crippen molar-refractivity contribution in [2.75, 3.05) is 26.4 Å². The molecule has 19 heteroatoms. The first kappa shape index (κ1) is 102. The molecule has 0 aromatic heterocycles. The quantitative estimate of drug-likeness (QED) is 0.0199. The zero-order valence-corrected chi connectivity index (χ0v) is 69.4. The van der Waals surface area contributed by atoms with E-state index < -0.39 is 124 Å². The van der Waals surface area contributed by atoms with Crippen LogP contribution in [-0.4, -0.2) is 193 Å². The van der Waals surface area contributed by atoms with Gasteiger partial charge in [0.25, 0.3) is 0 Å². The Morgan fingerprint density at radius 3 is 0.973 bits per heavy atom. The van der Waals surface area contributed by atoms with Crippen molar-refractivity contribution in [2.24, 2.45) is 0 Å². The van der Waals surface area contributed by atoms with Gasteiger partial charge >= 0.3 is 0 Å². The van der Waals surface area contributed by atoms with Crippen molar-refractivity contribution >= 4 is 5.91 Å². The predicted molar refractivity (Wildman–Crippen MR) is 447 cm³/mol. The van der Waals surface area contributed by atoms with E-state index in [9.17, 15) is 61.0 Å². The van der Waals surface area contributed by atoms with Crippen LogP contribution in [0.5, 0.6) is 0 Å². The molecule has 0 aromatic carbocycles. The molecule has 0 aromatic rings. The van der Waals surface area contributed by atoms with Gasteiger partial charge in [0.05, 0.1) is 38.6 Å². The maximum absolute atomic E-state index is 13.5. The van der Waals surface area contributed by atoms with Crippen molar-refractivity contribution in [3.63, 3.8) is 0 Å². The average Bonchev–Trinajstić information content (AvgIpc) is 0.780. The van der Waals surface area contributed by atoms with E-state index in [-0.39, 0.29) is 18.9 Å². The molecule has 644 valence electrons. The molecular formula is C92H163NO18. The minimum Gasteiger partial charge on any atom is -0.394 e. The molecule has 3 aliphatic rings. The summed E-state index contributed by atoms with van der Waals surface area (Å²) in [6.45, 7) is 1.66. The van der Waals surface area contributed by atoms with Gasteiger partial charge in [0, 0.05) is 6.42 Å². The highest BCUT2D eigenvalue weighted by atomic mass is 16.8. The molecule has 0 spiro atoms. The van der Waals surface area contributed by atoms with Crippen molar-refractivity contribution < 1.29 is 89.4 Å². The van der Waals surface area contributed by atoms with Gasteiger partial charge < -0.3 is 89.9 Å². The minimum atomic E-state index is -1.98. The Labute approximate surface area is 673 Å². The van der Waals surface area contributed by atoms with Gasteiger partial charge in [0.2, 0.25) is 5.91 Å². The molecule has 3 saturated heterocycles. The second kappa shape index (κ2) is 70.9. The fourth-order valence-electron chi connectivity index (χ4n) is 14.8. The lowest BCUT2D eigenvalue weighted by atomic mass is 9.96.